The first-order valence-electron chi connectivity index (χ1n) is 7.29. The first kappa shape index (κ1) is 12.4. The quantitative estimate of drug-likeness (QED) is 0.749. The van der Waals surface area contributed by atoms with E-state index in [0.717, 1.165) is 55.0 Å². The number of amidine groups is 1. The van der Waals surface area contributed by atoms with Crippen molar-refractivity contribution in [2.45, 2.75) is 6.92 Å². The molecule has 0 amide bonds. The third-order valence-electron chi connectivity index (χ3n) is 3.83. The summed E-state index contributed by atoms with van der Waals surface area (Å²) in [5.74, 6) is 2.76. The standard InChI is InChI=1S/C15H18N6/c1-11-17-14-10-12-4-2-3-5-13(12)18-15(21(14)19-11)20-8-6-16-7-9-20/h2-5,10,16H,6-9H2,1H3,(H,17,19). The van der Waals surface area contributed by atoms with Gasteiger partial charge in [-0.15, -0.1) is 0 Å². The second-order valence-corrected chi connectivity index (χ2v) is 5.36. The van der Waals surface area contributed by atoms with Gasteiger partial charge in [0.1, 0.15) is 11.7 Å². The lowest BCUT2D eigenvalue weighted by atomic mass is 10.2. The van der Waals surface area contributed by atoms with Gasteiger partial charge in [-0.1, -0.05) is 18.2 Å². The van der Waals surface area contributed by atoms with Crippen molar-refractivity contribution in [3.63, 3.8) is 0 Å². The van der Waals surface area contributed by atoms with E-state index in [1.807, 2.05) is 30.1 Å². The van der Waals surface area contributed by atoms with Gasteiger partial charge in [-0.3, -0.25) is 0 Å². The van der Waals surface area contributed by atoms with Crippen LogP contribution in [-0.2, 0) is 0 Å². The first-order chi connectivity index (χ1) is 10.3. The Morgan fingerprint density at radius 2 is 1.95 bits per heavy atom. The molecule has 4 rings (SSSR count). The topological polar surface area (TPSA) is 55.3 Å². The predicted molar refractivity (Wildman–Crippen MR) is 84.0 cm³/mol. The van der Waals surface area contributed by atoms with Gasteiger partial charge < -0.3 is 15.5 Å². The Labute approximate surface area is 123 Å². The molecule has 0 radical (unpaired) electrons. The highest BCUT2D eigenvalue weighted by atomic mass is 15.6. The molecule has 0 saturated carbocycles. The Morgan fingerprint density at radius 1 is 1.14 bits per heavy atom. The van der Waals surface area contributed by atoms with E-state index in [1.54, 1.807) is 0 Å². The van der Waals surface area contributed by atoms with Gasteiger partial charge >= 0.3 is 0 Å². The lowest BCUT2D eigenvalue weighted by molar-refractivity contribution is 0.317. The van der Waals surface area contributed by atoms with Gasteiger partial charge in [0.05, 0.1) is 5.69 Å². The smallest absolute Gasteiger partial charge is 0.229 e. The fraction of sp³-hybridized carbons (Fsp3) is 0.333. The normalized spacial score (nSPS) is 20.7. The number of benzene rings is 1. The Morgan fingerprint density at radius 3 is 2.81 bits per heavy atom. The number of piperazine rings is 1. The fourth-order valence-electron chi connectivity index (χ4n) is 2.80. The lowest BCUT2D eigenvalue weighted by Gasteiger charge is -2.32. The van der Waals surface area contributed by atoms with Crippen molar-refractivity contribution in [1.82, 2.24) is 20.5 Å². The third-order valence-corrected chi connectivity index (χ3v) is 3.83. The number of fused-ring (bicyclic) bond motifs is 2. The summed E-state index contributed by atoms with van der Waals surface area (Å²) in [5.41, 5.74) is 2.10. The van der Waals surface area contributed by atoms with E-state index in [0.29, 0.717) is 0 Å². The second kappa shape index (κ2) is 4.89. The molecule has 3 heterocycles. The minimum atomic E-state index is 0.892. The molecule has 0 atom stereocenters. The summed E-state index contributed by atoms with van der Waals surface area (Å²) in [6, 6.07) is 8.19. The van der Waals surface area contributed by atoms with Gasteiger partial charge in [-0.25, -0.2) is 4.99 Å². The van der Waals surface area contributed by atoms with E-state index in [9.17, 15) is 0 Å². The van der Waals surface area contributed by atoms with Crippen molar-refractivity contribution in [3.05, 3.63) is 35.6 Å². The van der Waals surface area contributed by atoms with Gasteiger partial charge in [-0.2, -0.15) is 10.1 Å². The molecule has 21 heavy (non-hydrogen) atoms. The molecular formula is C15H18N6. The van der Waals surface area contributed by atoms with Crippen LogP contribution in [0.3, 0.4) is 0 Å². The molecule has 1 saturated heterocycles. The molecule has 1 fully saturated rings. The summed E-state index contributed by atoms with van der Waals surface area (Å²) in [6.07, 6.45) is 2.11. The molecule has 0 aliphatic carbocycles. The van der Waals surface area contributed by atoms with E-state index < -0.39 is 0 Å². The lowest BCUT2D eigenvalue weighted by Crippen LogP contribution is -2.50. The van der Waals surface area contributed by atoms with Crippen LogP contribution < -0.4 is 10.6 Å². The maximum absolute atomic E-state index is 4.88. The summed E-state index contributed by atoms with van der Waals surface area (Å²) in [4.78, 5) is 7.17. The molecule has 0 aromatic heterocycles. The maximum Gasteiger partial charge on any atom is 0.229 e. The molecule has 3 aliphatic heterocycles. The third kappa shape index (κ3) is 2.17. The van der Waals surface area contributed by atoms with Gasteiger partial charge in [0.25, 0.3) is 0 Å². The second-order valence-electron chi connectivity index (χ2n) is 5.36. The van der Waals surface area contributed by atoms with Crippen LogP contribution in [-0.4, -0.2) is 47.9 Å². The summed E-state index contributed by atoms with van der Waals surface area (Å²) in [6.45, 7) is 5.81. The molecule has 3 aliphatic rings. The average Bonchev–Trinajstić information content (AvgIpc) is 2.80. The van der Waals surface area contributed by atoms with Crippen LogP contribution in [0.4, 0.5) is 5.69 Å². The molecular weight excluding hydrogens is 264 g/mol. The fourth-order valence-corrected chi connectivity index (χ4v) is 2.80. The van der Waals surface area contributed by atoms with Crippen LogP contribution in [0.2, 0.25) is 0 Å². The molecule has 6 heteroatoms. The largest absolute Gasteiger partial charge is 0.338 e. The molecule has 0 unspecified atom stereocenters. The zero-order valence-electron chi connectivity index (χ0n) is 12.0. The summed E-state index contributed by atoms with van der Waals surface area (Å²) < 4.78 is 0. The number of hydrazone groups is 1. The van der Waals surface area contributed by atoms with Crippen molar-refractivity contribution in [2.75, 3.05) is 26.2 Å². The molecule has 0 spiro atoms. The van der Waals surface area contributed by atoms with E-state index in [-0.39, 0.29) is 0 Å². The molecule has 0 bridgehead atoms. The first-order valence-corrected chi connectivity index (χ1v) is 7.29. The highest BCUT2D eigenvalue weighted by Gasteiger charge is 2.29. The summed E-state index contributed by atoms with van der Waals surface area (Å²) >= 11 is 0. The Bertz CT molecular complexity index is 654. The number of guanidine groups is 1. The molecule has 1 aromatic rings. The Balaban J connectivity index is 1.82. The van der Waals surface area contributed by atoms with Gasteiger partial charge in [-0.05, 0) is 19.1 Å². The number of hydrogen-bond acceptors (Lipinski definition) is 6. The SMILES string of the molecule is CC1=NN2C(=Cc3ccccc3N=C2N2CCNCC2)N1. The summed E-state index contributed by atoms with van der Waals surface area (Å²) in [5, 5.41) is 13.2. The van der Waals surface area contributed by atoms with Crippen molar-refractivity contribution in [1.29, 1.82) is 0 Å². The van der Waals surface area contributed by atoms with Crippen molar-refractivity contribution in [2.24, 2.45) is 10.1 Å². The molecule has 6 nitrogen and oxygen atoms in total. The highest BCUT2D eigenvalue weighted by Crippen LogP contribution is 2.28. The van der Waals surface area contributed by atoms with Crippen molar-refractivity contribution < 1.29 is 0 Å². The van der Waals surface area contributed by atoms with E-state index >= 15 is 0 Å². The minimum Gasteiger partial charge on any atom is -0.338 e. The van der Waals surface area contributed by atoms with Gasteiger partial charge in [0.2, 0.25) is 5.96 Å². The highest BCUT2D eigenvalue weighted by molar-refractivity contribution is 5.94. The minimum absolute atomic E-state index is 0.892. The summed E-state index contributed by atoms with van der Waals surface area (Å²) in [7, 11) is 0. The number of rotatable bonds is 0. The van der Waals surface area contributed by atoms with E-state index in [1.165, 1.54) is 0 Å². The zero-order valence-corrected chi connectivity index (χ0v) is 12.0. The molecule has 2 N–H and O–H groups in total. The van der Waals surface area contributed by atoms with Gasteiger partial charge in [0.15, 0.2) is 0 Å². The van der Waals surface area contributed by atoms with Crippen LogP contribution in [0.1, 0.15) is 12.5 Å². The average molecular weight is 282 g/mol. The van der Waals surface area contributed by atoms with Crippen molar-refractivity contribution in [3.8, 4) is 0 Å². The molecule has 108 valence electrons. The van der Waals surface area contributed by atoms with E-state index in [2.05, 4.69) is 32.8 Å². The van der Waals surface area contributed by atoms with E-state index in [4.69, 9.17) is 4.99 Å². The Hall–Kier alpha value is -2.34. The van der Waals surface area contributed by atoms with Crippen LogP contribution >= 0.6 is 0 Å². The molecule has 1 aromatic carbocycles. The number of hydrogen-bond donors (Lipinski definition) is 2. The Kier molecular flexibility index (Phi) is 2.89. The number of para-hydroxylation sites is 1. The van der Waals surface area contributed by atoms with Crippen LogP contribution in [0, 0.1) is 0 Å². The van der Waals surface area contributed by atoms with Crippen LogP contribution in [0.25, 0.3) is 6.08 Å². The number of nitrogens with zero attached hydrogens (tertiary/aromatic N) is 4. The maximum atomic E-state index is 4.88. The van der Waals surface area contributed by atoms with Crippen LogP contribution in [0.15, 0.2) is 40.2 Å². The van der Waals surface area contributed by atoms with Crippen LogP contribution in [0.5, 0.6) is 0 Å². The number of nitrogens with one attached hydrogen (secondary N) is 2. The number of aliphatic imine (C=N–C) groups is 1. The van der Waals surface area contributed by atoms with Crippen molar-refractivity contribution >= 4 is 23.6 Å². The monoisotopic (exact) mass is 282 g/mol. The van der Waals surface area contributed by atoms with Gasteiger partial charge in [0, 0.05) is 31.7 Å². The predicted octanol–water partition coefficient (Wildman–Crippen LogP) is 1.13. The zero-order chi connectivity index (χ0) is 14.2.